The second kappa shape index (κ2) is 21.2. The Morgan fingerprint density at radius 1 is 0.684 bits per heavy atom. The quantitative estimate of drug-likeness (QED) is 0.595. The van der Waals surface area contributed by atoms with E-state index in [1.54, 1.807) is 0 Å². The van der Waals surface area contributed by atoms with Crippen LogP contribution in [0, 0.1) is 11.8 Å². The minimum absolute atomic E-state index is 0. The molecular formula is C16H36NaO2. The molecule has 0 amide bonds. The molecule has 0 saturated heterocycles. The fraction of sp³-hybridized carbons (Fsp3) is 1.00. The summed E-state index contributed by atoms with van der Waals surface area (Å²) in [4.78, 5) is 0. The maximum Gasteiger partial charge on any atom is 0.0459 e. The first kappa shape index (κ1) is 24.9. The maximum atomic E-state index is 8.75. The molecule has 3 heteroatoms. The largest absolute Gasteiger partial charge is 0.396 e. The molecule has 2 nitrogen and oxygen atoms in total. The summed E-state index contributed by atoms with van der Waals surface area (Å²) in [5.41, 5.74) is 0. The molecule has 0 fully saturated rings. The van der Waals surface area contributed by atoms with E-state index in [1.165, 1.54) is 38.5 Å². The van der Waals surface area contributed by atoms with Crippen molar-refractivity contribution in [2.75, 3.05) is 13.2 Å². The Balaban J connectivity index is -0.000000256. The number of hydrogen-bond donors (Lipinski definition) is 2. The molecule has 0 aromatic rings. The van der Waals surface area contributed by atoms with Gasteiger partial charge in [0.25, 0.3) is 0 Å². The SMILES string of the molecule is CCCCC(CC)CO.CCCCC(CC)CO.[Na]. The van der Waals surface area contributed by atoms with Crippen molar-refractivity contribution in [1.82, 2.24) is 0 Å². The summed E-state index contributed by atoms with van der Waals surface area (Å²) < 4.78 is 0. The van der Waals surface area contributed by atoms with Crippen LogP contribution in [0.15, 0.2) is 0 Å². The van der Waals surface area contributed by atoms with Crippen molar-refractivity contribution >= 4 is 29.6 Å². The van der Waals surface area contributed by atoms with Gasteiger partial charge in [-0.05, 0) is 24.7 Å². The third-order valence-electron chi connectivity index (χ3n) is 3.60. The molecule has 0 saturated carbocycles. The summed E-state index contributed by atoms with van der Waals surface area (Å²) in [6.07, 6.45) is 9.66. The van der Waals surface area contributed by atoms with Gasteiger partial charge in [0.1, 0.15) is 0 Å². The van der Waals surface area contributed by atoms with Crippen LogP contribution >= 0.6 is 0 Å². The summed E-state index contributed by atoms with van der Waals surface area (Å²) >= 11 is 0. The average Bonchev–Trinajstić information content (AvgIpc) is 2.42. The number of rotatable bonds is 10. The summed E-state index contributed by atoms with van der Waals surface area (Å²) in [6.45, 7) is 9.38. The fourth-order valence-electron chi connectivity index (χ4n) is 1.83. The Bertz CT molecular complexity index is 119. The number of aliphatic hydroxyl groups excluding tert-OH is 2. The summed E-state index contributed by atoms with van der Waals surface area (Å²) in [7, 11) is 0. The second-order valence-electron chi connectivity index (χ2n) is 5.20. The number of hydrogen-bond acceptors (Lipinski definition) is 2. The van der Waals surface area contributed by atoms with Gasteiger partial charge in [0.05, 0.1) is 0 Å². The van der Waals surface area contributed by atoms with Crippen LogP contribution in [0.25, 0.3) is 0 Å². The van der Waals surface area contributed by atoms with E-state index in [2.05, 4.69) is 27.7 Å². The Morgan fingerprint density at radius 3 is 1.16 bits per heavy atom. The van der Waals surface area contributed by atoms with E-state index < -0.39 is 0 Å². The molecule has 2 N–H and O–H groups in total. The zero-order valence-electron chi connectivity index (χ0n) is 14.1. The van der Waals surface area contributed by atoms with Crippen LogP contribution in [-0.2, 0) is 0 Å². The van der Waals surface area contributed by atoms with Crippen molar-refractivity contribution in [3.8, 4) is 0 Å². The van der Waals surface area contributed by atoms with Crippen molar-refractivity contribution in [2.45, 2.75) is 79.1 Å². The molecule has 0 aromatic carbocycles. The Hall–Kier alpha value is 0.920. The summed E-state index contributed by atoms with van der Waals surface area (Å²) in [5.74, 6) is 1.12. The van der Waals surface area contributed by atoms with Gasteiger partial charge in [0.2, 0.25) is 0 Å². The monoisotopic (exact) mass is 283 g/mol. The van der Waals surface area contributed by atoms with E-state index in [9.17, 15) is 0 Å². The Morgan fingerprint density at radius 2 is 1.00 bits per heavy atom. The molecule has 1 radical (unpaired) electrons. The van der Waals surface area contributed by atoms with Gasteiger partial charge < -0.3 is 10.2 Å². The van der Waals surface area contributed by atoms with E-state index >= 15 is 0 Å². The first-order valence-corrected chi connectivity index (χ1v) is 7.91. The third-order valence-corrected chi connectivity index (χ3v) is 3.60. The van der Waals surface area contributed by atoms with Gasteiger partial charge in [-0.2, -0.15) is 0 Å². The van der Waals surface area contributed by atoms with E-state index in [0.717, 1.165) is 12.8 Å². The molecule has 0 aliphatic heterocycles. The molecule has 0 aliphatic rings. The molecule has 0 spiro atoms. The van der Waals surface area contributed by atoms with Crippen LogP contribution in [0.5, 0.6) is 0 Å². The zero-order valence-corrected chi connectivity index (χ0v) is 16.1. The first-order valence-electron chi connectivity index (χ1n) is 7.91. The van der Waals surface area contributed by atoms with Gasteiger partial charge in [-0.25, -0.2) is 0 Å². The van der Waals surface area contributed by atoms with Gasteiger partial charge in [-0.15, -0.1) is 0 Å². The Kier molecular flexibility index (Phi) is 27.8. The predicted molar refractivity (Wildman–Crippen MR) is 86.5 cm³/mol. The van der Waals surface area contributed by atoms with Crippen LogP contribution in [-0.4, -0.2) is 53.0 Å². The van der Waals surface area contributed by atoms with Crippen LogP contribution in [0.3, 0.4) is 0 Å². The molecule has 0 heterocycles. The molecular weight excluding hydrogens is 247 g/mol. The number of unbranched alkanes of at least 4 members (excludes halogenated alkanes) is 2. The van der Waals surface area contributed by atoms with Gasteiger partial charge in [0.15, 0.2) is 0 Å². The topological polar surface area (TPSA) is 40.5 Å². The number of aliphatic hydroxyl groups is 2. The van der Waals surface area contributed by atoms with Gasteiger partial charge in [-0.1, -0.05) is 66.2 Å². The van der Waals surface area contributed by atoms with Crippen LogP contribution in [0.2, 0.25) is 0 Å². The van der Waals surface area contributed by atoms with Crippen molar-refractivity contribution in [2.24, 2.45) is 11.8 Å². The van der Waals surface area contributed by atoms with Gasteiger partial charge in [-0.3, -0.25) is 0 Å². The second-order valence-corrected chi connectivity index (χ2v) is 5.20. The Labute approximate surface area is 143 Å². The molecule has 19 heavy (non-hydrogen) atoms. The standard InChI is InChI=1S/2C8H18O.Na/c2*1-3-5-6-8(4-2)7-9;/h2*8-9H,3-7H2,1-2H3;. The average molecular weight is 283 g/mol. The molecule has 113 valence electrons. The van der Waals surface area contributed by atoms with Crippen LogP contribution in [0.4, 0.5) is 0 Å². The van der Waals surface area contributed by atoms with Crippen molar-refractivity contribution in [3.05, 3.63) is 0 Å². The minimum Gasteiger partial charge on any atom is -0.396 e. The van der Waals surface area contributed by atoms with Crippen molar-refractivity contribution < 1.29 is 10.2 Å². The van der Waals surface area contributed by atoms with E-state index in [1.807, 2.05) is 0 Å². The van der Waals surface area contributed by atoms with Gasteiger partial charge in [0, 0.05) is 42.8 Å². The molecule has 2 atom stereocenters. The summed E-state index contributed by atoms with van der Waals surface area (Å²) in [6, 6.07) is 0. The van der Waals surface area contributed by atoms with E-state index in [0.29, 0.717) is 25.0 Å². The molecule has 2 unspecified atom stereocenters. The van der Waals surface area contributed by atoms with Crippen molar-refractivity contribution in [3.63, 3.8) is 0 Å². The normalized spacial score (nSPS) is 12.9. The van der Waals surface area contributed by atoms with E-state index in [4.69, 9.17) is 10.2 Å². The first-order chi connectivity index (χ1) is 8.69. The fourth-order valence-corrected chi connectivity index (χ4v) is 1.83. The predicted octanol–water partition coefficient (Wildman–Crippen LogP) is 4.01. The maximum absolute atomic E-state index is 8.75. The van der Waals surface area contributed by atoms with E-state index in [-0.39, 0.29) is 29.6 Å². The summed E-state index contributed by atoms with van der Waals surface area (Å²) in [5, 5.41) is 17.5. The van der Waals surface area contributed by atoms with Gasteiger partial charge >= 0.3 is 0 Å². The third kappa shape index (κ3) is 18.9. The zero-order chi connectivity index (χ0) is 14.2. The minimum atomic E-state index is 0. The molecule has 0 rings (SSSR count). The molecule has 0 aromatic heterocycles. The van der Waals surface area contributed by atoms with Crippen LogP contribution < -0.4 is 0 Å². The molecule has 0 bridgehead atoms. The van der Waals surface area contributed by atoms with Crippen molar-refractivity contribution in [1.29, 1.82) is 0 Å². The van der Waals surface area contributed by atoms with Crippen LogP contribution in [0.1, 0.15) is 79.1 Å². The molecule has 0 aliphatic carbocycles. The smallest absolute Gasteiger partial charge is 0.0459 e.